The van der Waals surface area contributed by atoms with Gasteiger partial charge in [0.2, 0.25) is 0 Å². The fraction of sp³-hybridized carbons (Fsp3) is 0.400. The molecular weight excluding hydrogens is 277 g/mol. The Morgan fingerprint density at radius 1 is 1.50 bits per heavy atom. The minimum absolute atomic E-state index is 0.144. The van der Waals surface area contributed by atoms with Gasteiger partial charge in [0.15, 0.2) is 0 Å². The molecule has 1 aromatic carbocycles. The zero-order valence-corrected chi connectivity index (χ0v) is 12.1. The van der Waals surface area contributed by atoms with E-state index in [1.807, 2.05) is 5.38 Å². The number of hydrogen-bond donors (Lipinski definition) is 0. The highest BCUT2D eigenvalue weighted by atomic mass is 32.1. The second kappa shape index (κ2) is 5.89. The first kappa shape index (κ1) is 13.5. The molecule has 1 fully saturated rings. The van der Waals surface area contributed by atoms with Gasteiger partial charge in [-0.3, -0.25) is 0 Å². The van der Waals surface area contributed by atoms with E-state index in [0.29, 0.717) is 17.9 Å². The zero-order valence-electron chi connectivity index (χ0n) is 11.3. The van der Waals surface area contributed by atoms with Crippen LogP contribution in [0.1, 0.15) is 35.2 Å². The minimum atomic E-state index is -0.249. The van der Waals surface area contributed by atoms with E-state index in [4.69, 9.17) is 9.47 Å². The first-order chi connectivity index (χ1) is 9.72. The molecule has 5 heteroatoms. The lowest BCUT2D eigenvalue weighted by Gasteiger charge is -2.06. The van der Waals surface area contributed by atoms with Gasteiger partial charge in [-0.2, -0.15) is 0 Å². The highest BCUT2D eigenvalue weighted by Gasteiger charge is 2.20. The van der Waals surface area contributed by atoms with Crippen LogP contribution in [0.4, 0.5) is 4.39 Å². The average Bonchev–Trinajstić information content (AvgIpc) is 3.09. The molecule has 1 saturated heterocycles. The van der Waals surface area contributed by atoms with Gasteiger partial charge in [0, 0.05) is 18.1 Å². The van der Waals surface area contributed by atoms with Gasteiger partial charge in [-0.25, -0.2) is 9.37 Å². The Morgan fingerprint density at radius 2 is 2.40 bits per heavy atom. The van der Waals surface area contributed by atoms with Crippen molar-refractivity contribution >= 4 is 11.3 Å². The van der Waals surface area contributed by atoms with Crippen LogP contribution in [0.25, 0.3) is 0 Å². The largest absolute Gasteiger partial charge is 0.487 e. The molecule has 0 aliphatic carbocycles. The smallest absolute Gasteiger partial charge is 0.131 e. The summed E-state index contributed by atoms with van der Waals surface area (Å²) in [7, 11) is 0. The summed E-state index contributed by atoms with van der Waals surface area (Å²) in [5, 5.41) is 2.98. The van der Waals surface area contributed by atoms with Crippen molar-refractivity contribution in [2.75, 3.05) is 6.61 Å². The Kier molecular flexibility index (Phi) is 3.98. The van der Waals surface area contributed by atoms with Crippen LogP contribution >= 0.6 is 11.3 Å². The Balaban J connectivity index is 1.61. The van der Waals surface area contributed by atoms with E-state index in [9.17, 15) is 4.39 Å². The fourth-order valence-corrected chi connectivity index (χ4v) is 3.02. The molecule has 0 bridgehead atoms. The van der Waals surface area contributed by atoms with Crippen molar-refractivity contribution in [3.63, 3.8) is 0 Å². The number of benzene rings is 1. The molecule has 1 unspecified atom stereocenters. The van der Waals surface area contributed by atoms with E-state index in [1.54, 1.807) is 30.4 Å². The van der Waals surface area contributed by atoms with E-state index >= 15 is 0 Å². The highest BCUT2D eigenvalue weighted by Crippen LogP contribution is 2.30. The Hall–Kier alpha value is -1.46. The summed E-state index contributed by atoms with van der Waals surface area (Å²) < 4.78 is 24.6. The summed E-state index contributed by atoms with van der Waals surface area (Å²) in [6.45, 7) is 2.90. The highest BCUT2D eigenvalue weighted by molar-refractivity contribution is 7.09. The van der Waals surface area contributed by atoms with E-state index < -0.39 is 0 Å². The van der Waals surface area contributed by atoms with Crippen molar-refractivity contribution in [3.05, 3.63) is 45.7 Å². The molecule has 106 valence electrons. The molecule has 1 atom stereocenters. The molecule has 0 spiro atoms. The van der Waals surface area contributed by atoms with Crippen LogP contribution in [0.15, 0.2) is 23.6 Å². The van der Waals surface area contributed by atoms with Gasteiger partial charge in [-0.1, -0.05) is 6.07 Å². The van der Waals surface area contributed by atoms with Crippen molar-refractivity contribution in [1.82, 2.24) is 4.98 Å². The SMILES string of the molecule is Cc1ccc(OCc2csc(C3CCCO3)n2)cc1F. The van der Waals surface area contributed by atoms with Gasteiger partial charge in [0.1, 0.15) is 29.3 Å². The van der Waals surface area contributed by atoms with Crippen LogP contribution in [0.2, 0.25) is 0 Å². The molecule has 2 aromatic rings. The van der Waals surface area contributed by atoms with Crippen LogP contribution in [0.3, 0.4) is 0 Å². The molecule has 3 rings (SSSR count). The Morgan fingerprint density at radius 3 is 3.15 bits per heavy atom. The molecule has 1 aromatic heterocycles. The summed E-state index contributed by atoms with van der Waals surface area (Å²) in [6, 6.07) is 4.89. The molecule has 0 amide bonds. The van der Waals surface area contributed by atoms with Gasteiger partial charge in [0.05, 0.1) is 5.69 Å². The summed E-state index contributed by atoms with van der Waals surface area (Å²) in [6.07, 6.45) is 2.28. The van der Waals surface area contributed by atoms with E-state index in [-0.39, 0.29) is 11.9 Å². The third-order valence-corrected chi connectivity index (χ3v) is 4.29. The van der Waals surface area contributed by atoms with Gasteiger partial charge in [-0.05, 0) is 31.4 Å². The van der Waals surface area contributed by atoms with E-state index in [2.05, 4.69) is 4.98 Å². The third kappa shape index (κ3) is 2.99. The van der Waals surface area contributed by atoms with Gasteiger partial charge in [-0.15, -0.1) is 11.3 Å². The lowest BCUT2D eigenvalue weighted by Crippen LogP contribution is -1.99. The molecule has 0 N–H and O–H groups in total. The zero-order chi connectivity index (χ0) is 13.9. The van der Waals surface area contributed by atoms with Gasteiger partial charge < -0.3 is 9.47 Å². The number of halogens is 1. The molecule has 1 aliphatic heterocycles. The normalized spacial score (nSPS) is 18.4. The molecule has 1 aliphatic rings. The quantitative estimate of drug-likeness (QED) is 0.853. The summed E-state index contributed by atoms with van der Waals surface area (Å²) in [5.41, 5.74) is 1.48. The minimum Gasteiger partial charge on any atom is -0.487 e. The molecule has 0 saturated carbocycles. The maximum atomic E-state index is 13.4. The molecular formula is C15H16FNO2S. The standard InChI is InChI=1S/C15H16FNO2S/c1-10-4-5-12(7-13(10)16)19-8-11-9-20-15(17-11)14-3-2-6-18-14/h4-5,7,9,14H,2-3,6,8H2,1H3. The summed E-state index contributed by atoms with van der Waals surface area (Å²) >= 11 is 1.60. The fourth-order valence-electron chi connectivity index (χ4n) is 2.13. The van der Waals surface area contributed by atoms with Crippen molar-refractivity contribution in [3.8, 4) is 5.75 Å². The number of nitrogens with zero attached hydrogens (tertiary/aromatic N) is 1. The molecule has 3 nitrogen and oxygen atoms in total. The van der Waals surface area contributed by atoms with Crippen LogP contribution in [0.5, 0.6) is 5.75 Å². The summed E-state index contributed by atoms with van der Waals surface area (Å²) in [5.74, 6) is 0.278. The lowest BCUT2D eigenvalue weighted by atomic mass is 10.2. The topological polar surface area (TPSA) is 31.4 Å². The molecule has 0 radical (unpaired) electrons. The first-order valence-electron chi connectivity index (χ1n) is 6.67. The predicted molar refractivity (Wildman–Crippen MR) is 75.5 cm³/mol. The Labute approximate surface area is 121 Å². The third-order valence-electron chi connectivity index (χ3n) is 3.30. The number of thiazole rings is 1. The number of aryl methyl sites for hydroxylation is 1. The maximum absolute atomic E-state index is 13.4. The van der Waals surface area contributed by atoms with E-state index in [0.717, 1.165) is 30.2 Å². The number of aromatic nitrogens is 1. The van der Waals surface area contributed by atoms with Crippen molar-refractivity contribution < 1.29 is 13.9 Å². The van der Waals surface area contributed by atoms with Crippen LogP contribution < -0.4 is 4.74 Å². The number of hydrogen-bond acceptors (Lipinski definition) is 4. The maximum Gasteiger partial charge on any atom is 0.131 e. The predicted octanol–water partition coefficient (Wildman–Crippen LogP) is 4.02. The lowest BCUT2D eigenvalue weighted by molar-refractivity contribution is 0.111. The second-order valence-electron chi connectivity index (χ2n) is 4.88. The Bertz CT molecular complexity index is 593. The molecule has 20 heavy (non-hydrogen) atoms. The van der Waals surface area contributed by atoms with Crippen LogP contribution in [-0.4, -0.2) is 11.6 Å². The van der Waals surface area contributed by atoms with Crippen molar-refractivity contribution in [1.29, 1.82) is 0 Å². The number of ether oxygens (including phenoxy) is 2. The van der Waals surface area contributed by atoms with Gasteiger partial charge in [0.25, 0.3) is 0 Å². The van der Waals surface area contributed by atoms with Crippen molar-refractivity contribution in [2.45, 2.75) is 32.5 Å². The van der Waals surface area contributed by atoms with Crippen LogP contribution in [0, 0.1) is 12.7 Å². The van der Waals surface area contributed by atoms with E-state index in [1.165, 1.54) is 6.07 Å². The van der Waals surface area contributed by atoms with Crippen LogP contribution in [-0.2, 0) is 11.3 Å². The summed E-state index contributed by atoms with van der Waals surface area (Å²) in [4.78, 5) is 4.52. The molecule has 2 heterocycles. The van der Waals surface area contributed by atoms with Gasteiger partial charge >= 0.3 is 0 Å². The second-order valence-corrected chi connectivity index (χ2v) is 5.77. The average molecular weight is 293 g/mol. The number of rotatable bonds is 4. The van der Waals surface area contributed by atoms with Crippen molar-refractivity contribution in [2.24, 2.45) is 0 Å². The first-order valence-corrected chi connectivity index (χ1v) is 7.55. The monoisotopic (exact) mass is 293 g/mol.